The number of carbonyl (C=O) groups is 1. The number of carbonyl (C=O) groups excluding carboxylic acids is 1. The SMILES string of the molecule is CCCCC/C=C\C/C=C\CCCCCCCCCCCCOCC(COC1OC(COC2OC(CO)C(O)C(O)C2O)C(O)C(O)C1O)OC(=O)CCCC. The van der Waals surface area contributed by atoms with Gasteiger partial charge in [-0.15, -0.1) is 0 Å². The molecular formula is C42H76O14. The van der Waals surface area contributed by atoms with Gasteiger partial charge < -0.3 is 64.2 Å². The van der Waals surface area contributed by atoms with Crippen LogP contribution in [-0.2, 0) is 33.2 Å². The average Bonchev–Trinajstić information content (AvgIpc) is 3.19. The highest BCUT2D eigenvalue weighted by molar-refractivity contribution is 5.69. The lowest BCUT2D eigenvalue weighted by Crippen LogP contribution is -2.61. The summed E-state index contributed by atoms with van der Waals surface area (Å²) in [6.07, 6.45) is 13.9. The van der Waals surface area contributed by atoms with Crippen LogP contribution >= 0.6 is 0 Å². The Hall–Kier alpha value is -1.53. The summed E-state index contributed by atoms with van der Waals surface area (Å²) in [5, 5.41) is 71.3. The fraction of sp³-hybridized carbons (Fsp3) is 0.881. The topological polar surface area (TPSA) is 214 Å². The van der Waals surface area contributed by atoms with E-state index in [-0.39, 0.29) is 19.6 Å². The van der Waals surface area contributed by atoms with Gasteiger partial charge in [0.05, 0.1) is 26.4 Å². The van der Waals surface area contributed by atoms with Gasteiger partial charge in [0.25, 0.3) is 0 Å². The molecule has 2 rings (SSSR count). The van der Waals surface area contributed by atoms with Gasteiger partial charge in [-0.1, -0.05) is 109 Å². The monoisotopic (exact) mass is 805 g/mol. The van der Waals surface area contributed by atoms with Gasteiger partial charge in [-0.25, -0.2) is 0 Å². The summed E-state index contributed by atoms with van der Waals surface area (Å²) >= 11 is 0. The van der Waals surface area contributed by atoms with Crippen molar-refractivity contribution < 1.29 is 69.0 Å². The van der Waals surface area contributed by atoms with Crippen LogP contribution in [0.4, 0.5) is 0 Å². The Balaban J connectivity index is 1.65. The number of hydrogen-bond acceptors (Lipinski definition) is 14. The van der Waals surface area contributed by atoms with Gasteiger partial charge in [0.2, 0.25) is 0 Å². The van der Waals surface area contributed by atoms with Crippen molar-refractivity contribution in [2.24, 2.45) is 0 Å². The third-order valence-electron chi connectivity index (χ3n) is 10.2. The second-order valence-electron chi connectivity index (χ2n) is 15.2. The van der Waals surface area contributed by atoms with Crippen LogP contribution in [0.2, 0.25) is 0 Å². The Kier molecular flexibility index (Phi) is 28.4. The molecule has 2 aliphatic rings. The Morgan fingerprint density at radius 1 is 0.589 bits per heavy atom. The molecule has 328 valence electrons. The summed E-state index contributed by atoms with van der Waals surface area (Å²) in [5.74, 6) is -0.413. The predicted octanol–water partition coefficient (Wildman–Crippen LogP) is 4.12. The molecule has 2 saturated heterocycles. The Morgan fingerprint density at radius 2 is 1.11 bits per heavy atom. The Bertz CT molecular complexity index is 1030. The lowest BCUT2D eigenvalue weighted by Gasteiger charge is -2.42. The summed E-state index contributed by atoms with van der Waals surface area (Å²) in [7, 11) is 0. The molecule has 0 aromatic rings. The van der Waals surface area contributed by atoms with Crippen molar-refractivity contribution in [3.8, 4) is 0 Å². The molecule has 14 heteroatoms. The van der Waals surface area contributed by atoms with E-state index in [1.807, 2.05) is 6.92 Å². The molecule has 0 aromatic carbocycles. The molecule has 0 aliphatic carbocycles. The van der Waals surface area contributed by atoms with Crippen LogP contribution in [0, 0.1) is 0 Å². The molecule has 2 fully saturated rings. The Labute approximate surface area is 335 Å². The number of esters is 1. The molecule has 56 heavy (non-hydrogen) atoms. The standard InChI is InChI=1S/C42H76O14/c1-3-5-7-8-9-10-11-12-13-14-15-16-17-18-19-20-21-22-23-24-26-51-28-31(54-34(44)25-6-4-2)29-52-41-40(50)38(48)36(46)33(56-41)30-53-42-39(49)37(47)35(45)32(27-43)55-42/h9-10,12-13,31-33,35-43,45-50H,3-8,11,14-30H2,1-2H3/b10-9-,13-12-. The average molecular weight is 805 g/mol. The number of ether oxygens (including phenoxy) is 6. The maximum Gasteiger partial charge on any atom is 0.306 e. The van der Waals surface area contributed by atoms with Crippen molar-refractivity contribution in [3.05, 3.63) is 24.3 Å². The van der Waals surface area contributed by atoms with E-state index in [4.69, 9.17) is 28.4 Å². The van der Waals surface area contributed by atoms with Gasteiger partial charge in [-0.3, -0.25) is 4.79 Å². The minimum atomic E-state index is -1.70. The number of unbranched alkanes of at least 4 members (excludes halogenated alkanes) is 14. The third kappa shape index (κ3) is 20.4. The Morgan fingerprint density at radius 3 is 1.70 bits per heavy atom. The van der Waals surface area contributed by atoms with Crippen molar-refractivity contribution >= 4 is 5.97 Å². The van der Waals surface area contributed by atoms with Crippen molar-refractivity contribution in [3.63, 3.8) is 0 Å². The first-order valence-corrected chi connectivity index (χ1v) is 21.4. The molecule has 11 atom stereocenters. The van der Waals surface area contributed by atoms with E-state index < -0.39 is 86.7 Å². The van der Waals surface area contributed by atoms with Gasteiger partial charge in [0.1, 0.15) is 54.9 Å². The molecular weight excluding hydrogens is 728 g/mol. The van der Waals surface area contributed by atoms with Crippen LogP contribution in [0.25, 0.3) is 0 Å². The zero-order valence-corrected chi connectivity index (χ0v) is 34.1. The van der Waals surface area contributed by atoms with Gasteiger partial charge in [-0.05, 0) is 44.9 Å². The summed E-state index contributed by atoms with van der Waals surface area (Å²) in [6.45, 7) is 3.38. The lowest BCUT2D eigenvalue weighted by atomic mass is 9.98. The summed E-state index contributed by atoms with van der Waals surface area (Å²) in [6, 6.07) is 0. The first-order valence-electron chi connectivity index (χ1n) is 21.4. The minimum absolute atomic E-state index is 0.0570. The second-order valence-corrected chi connectivity index (χ2v) is 15.2. The summed E-state index contributed by atoms with van der Waals surface area (Å²) in [4.78, 5) is 12.5. The van der Waals surface area contributed by atoms with Crippen LogP contribution in [0.15, 0.2) is 24.3 Å². The van der Waals surface area contributed by atoms with E-state index >= 15 is 0 Å². The molecule has 0 aromatic heterocycles. The van der Waals surface area contributed by atoms with Gasteiger partial charge >= 0.3 is 5.97 Å². The molecule has 0 radical (unpaired) electrons. The summed E-state index contributed by atoms with van der Waals surface area (Å²) in [5.41, 5.74) is 0. The van der Waals surface area contributed by atoms with Gasteiger partial charge in [-0.2, -0.15) is 0 Å². The maximum absolute atomic E-state index is 12.5. The minimum Gasteiger partial charge on any atom is -0.457 e. The number of hydrogen-bond donors (Lipinski definition) is 7. The van der Waals surface area contributed by atoms with Gasteiger partial charge in [0, 0.05) is 13.0 Å². The van der Waals surface area contributed by atoms with E-state index in [1.54, 1.807) is 0 Å². The molecule has 0 amide bonds. The highest BCUT2D eigenvalue weighted by atomic mass is 16.7. The largest absolute Gasteiger partial charge is 0.457 e. The van der Waals surface area contributed by atoms with E-state index in [9.17, 15) is 40.5 Å². The fourth-order valence-corrected chi connectivity index (χ4v) is 6.59. The van der Waals surface area contributed by atoms with E-state index in [0.29, 0.717) is 13.0 Å². The van der Waals surface area contributed by atoms with Crippen LogP contribution in [0.3, 0.4) is 0 Å². The highest BCUT2D eigenvalue weighted by Crippen LogP contribution is 2.26. The molecule has 14 nitrogen and oxygen atoms in total. The van der Waals surface area contributed by atoms with Crippen molar-refractivity contribution in [2.45, 2.75) is 203 Å². The van der Waals surface area contributed by atoms with Crippen LogP contribution in [0.5, 0.6) is 0 Å². The quantitative estimate of drug-likeness (QED) is 0.0290. The number of aliphatic hydroxyl groups is 7. The van der Waals surface area contributed by atoms with E-state index in [0.717, 1.165) is 32.1 Å². The zero-order chi connectivity index (χ0) is 41.0. The molecule has 7 N–H and O–H groups in total. The van der Waals surface area contributed by atoms with E-state index in [1.165, 1.54) is 77.0 Å². The second kappa shape index (κ2) is 31.4. The molecule has 2 heterocycles. The van der Waals surface area contributed by atoms with Crippen LogP contribution < -0.4 is 0 Å². The fourth-order valence-electron chi connectivity index (χ4n) is 6.59. The van der Waals surface area contributed by atoms with Crippen molar-refractivity contribution in [2.75, 3.05) is 33.0 Å². The zero-order valence-electron chi connectivity index (χ0n) is 34.1. The van der Waals surface area contributed by atoms with Crippen molar-refractivity contribution in [1.82, 2.24) is 0 Å². The van der Waals surface area contributed by atoms with Crippen molar-refractivity contribution in [1.29, 1.82) is 0 Å². The number of rotatable bonds is 32. The first kappa shape index (κ1) is 50.6. The van der Waals surface area contributed by atoms with E-state index in [2.05, 4.69) is 31.2 Å². The maximum atomic E-state index is 12.5. The summed E-state index contributed by atoms with van der Waals surface area (Å²) < 4.78 is 33.7. The molecule has 0 spiro atoms. The molecule has 2 aliphatic heterocycles. The molecule has 11 unspecified atom stereocenters. The van der Waals surface area contributed by atoms with Gasteiger partial charge in [0.15, 0.2) is 12.6 Å². The lowest BCUT2D eigenvalue weighted by molar-refractivity contribution is -0.332. The molecule has 0 saturated carbocycles. The van der Waals surface area contributed by atoms with Crippen LogP contribution in [0.1, 0.15) is 136 Å². The highest BCUT2D eigenvalue weighted by Gasteiger charge is 2.47. The smallest absolute Gasteiger partial charge is 0.306 e. The molecule has 0 bridgehead atoms. The normalized spacial score (nSPS) is 29.0. The first-order chi connectivity index (χ1) is 27.1. The van der Waals surface area contributed by atoms with Crippen LogP contribution in [-0.4, -0.2) is 142 Å². The predicted molar refractivity (Wildman–Crippen MR) is 210 cm³/mol. The number of allylic oxidation sites excluding steroid dienone is 4. The number of aliphatic hydroxyl groups excluding tert-OH is 7. The third-order valence-corrected chi connectivity index (χ3v) is 10.2.